The van der Waals surface area contributed by atoms with Gasteiger partial charge in [0.25, 0.3) is 0 Å². The number of rotatable bonds is 5. The summed E-state index contributed by atoms with van der Waals surface area (Å²) in [5, 5.41) is 2.95. The summed E-state index contributed by atoms with van der Waals surface area (Å²) in [4.78, 5) is 14.2. The van der Waals surface area contributed by atoms with Crippen LogP contribution in [0.15, 0.2) is 24.3 Å². The van der Waals surface area contributed by atoms with Crippen molar-refractivity contribution >= 4 is 17.3 Å². The minimum absolute atomic E-state index is 0.0449. The number of nitrogens with one attached hydrogen (secondary N) is 1. The van der Waals surface area contributed by atoms with Crippen LogP contribution in [0, 0.1) is 0 Å². The quantitative estimate of drug-likeness (QED) is 0.868. The molecule has 0 unspecified atom stereocenters. The molecule has 0 spiro atoms. The van der Waals surface area contributed by atoms with Crippen LogP contribution < -0.4 is 16.0 Å². The van der Waals surface area contributed by atoms with Gasteiger partial charge in [-0.1, -0.05) is 18.9 Å². The Morgan fingerprint density at radius 1 is 1.20 bits per heavy atom. The van der Waals surface area contributed by atoms with Crippen molar-refractivity contribution in [2.45, 2.75) is 38.5 Å². The average Bonchev–Trinajstić information content (AvgIpc) is 2.74. The lowest BCUT2D eigenvalue weighted by atomic mass is 10.2. The highest BCUT2D eigenvalue weighted by Gasteiger charge is 2.10. The molecule has 4 heteroatoms. The summed E-state index contributed by atoms with van der Waals surface area (Å²) in [6.45, 7) is 2.79. The van der Waals surface area contributed by atoms with E-state index < -0.39 is 0 Å². The zero-order valence-electron chi connectivity index (χ0n) is 12.1. The van der Waals surface area contributed by atoms with Gasteiger partial charge in [0.2, 0.25) is 5.91 Å². The number of amides is 1. The summed E-state index contributed by atoms with van der Waals surface area (Å²) in [6.07, 6.45) is 6.39. The molecule has 110 valence electrons. The minimum Gasteiger partial charge on any atom is -0.371 e. The molecular formula is C16H25N3O. The van der Waals surface area contributed by atoms with Gasteiger partial charge in [-0.05, 0) is 44.0 Å². The molecule has 1 aromatic carbocycles. The Labute approximate surface area is 121 Å². The topological polar surface area (TPSA) is 58.4 Å². The molecule has 1 saturated heterocycles. The number of carbonyl (C=O) groups is 1. The number of benzene rings is 1. The normalized spacial score (nSPS) is 15.8. The van der Waals surface area contributed by atoms with E-state index in [0.29, 0.717) is 13.0 Å². The Balaban J connectivity index is 1.97. The van der Waals surface area contributed by atoms with Crippen molar-refractivity contribution in [1.82, 2.24) is 0 Å². The Kier molecular flexibility index (Phi) is 5.87. The van der Waals surface area contributed by atoms with E-state index in [4.69, 9.17) is 5.73 Å². The summed E-state index contributed by atoms with van der Waals surface area (Å²) in [7, 11) is 0. The zero-order valence-corrected chi connectivity index (χ0v) is 12.1. The van der Waals surface area contributed by atoms with Crippen LogP contribution in [-0.4, -0.2) is 25.5 Å². The molecule has 1 fully saturated rings. The van der Waals surface area contributed by atoms with E-state index in [0.717, 1.165) is 25.2 Å². The Morgan fingerprint density at radius 2 is 1.95 bits per heavy atom. The predicted octanol–water partition coefficient (Wildman–Crippen LogP) is 2.74. The first kappa shape index (κ1) is 14.9. The van der Waals surface area contributed by atoms with Crippen LogP contribution in [0.3, 0.4) is 0 Å². The van der Waals surface area contributed by atoms with Crippen molar-refractivity contribution in [2.75, 3.05) is 29.9 Å². The van der Waals surface area contributed by atoms with E-state index in [2.05, 4.69) is 22.3 Å². The van der Waals surface area contributed by atoms with Crippen LogP contribution >= 0.6 is 0 Å². The first-order valence-electron chi connectivity index (χ1n) is 7.64. The van der Waals surface area contributed by atoms with E-state index in [9.17, 15) is 4.79 Å². The van der Waals surface area contributed by atoms with Crippen LogP contribution in [0.5, 0.6) is 0 Å². The fourth-order valence-corrected chi connectivity index (χ4v) is 2.60. The van der Waals surface area contributed by atoms with Gasteiger partial charge in [-0.2, -0.15) is 0 Å². The number of anilines is 2. The fourth-order valence-electron chi connectivity index (χ4n) is 2.60. The molecule has 0 bridgehead atoms. The predicted molar refractivity (Wildman–Crippen MR) is 84.0 cm³/mol. The summed E-state index contributed by atoms with van der Waals surface area (Å²) in [5.74, 6) is 0.0449. The van der Waals surface area contributed by atoms with Crippen molar-refractivity contribution in [1.29, 1.82) is 0 Å². The summed E-state index contributed by atoms with van der Waals surface area (Å²) in [5.41, 5.74) is 7.51. The molecule has 1 aromatic rings. The monoisotopic (exact) mass is 275 g/mol. The molecular weight excluding hydrogens is 250 g/mol. The first-order chi connectivity index (χ1) is 9.79. The molecule has 2 rings (SSSR count). The molecule has 0 atom stereocenters. The third-order valence-corrected chi connectivity index (χ3v) is 3.71. The molecule has 1 heterocycles. The van der Waals surface area contributed by atoms with Gasteiger partial charge < -0.3 is 16.0 Å². The number of hydrogen-bond donors (Lipinski definition) is 2. The van der Waals surface area contributed by atoms with Crippen molar-refractivity contribution in [3.8, 4) is 0 Å². The van der Waals surface area contributed by atoms with Gasteiger partial charge in [0, 0.05) is 30.9 Å². The maximum Gasteiger partial charge on any atom is 0.224 e. The van der Waals surface area contributed by atoms with E-state index in [1.165, 1.54) is 31.4 Å². The number of carbonyl (C=O) groups excluding carboxylic acids is 1. The van der Waals surface area contributed by atoms with Crippen molar-refractivity contribution < 1.29 is 4.79 Å². The van der Waals surface area contributed by atoms with Crippen molar-refractivity contribution in [2.24, 2.45) is 5.73 Å². The van der Waals surface area contributed by atoms with Crippen molar-refractivity contribution in [3.05, 3.63) is 24.3 Å². The smallest absolute Gasteiger partial charge is 0.224 e. The fraction of sp³-hybridized carbons (Fsp3) is 0.562. The Hall–Kier alpha value is -1.55. The standard InChI is InChI=1S/C16H25N3O/c17-10-6-9-16(20)18-14-7-5-8-15(13-14)19-11-3-1-2-4-12-19/h5,7-8,13H,1-4,6,9-12,17H2,(H,18,20). The van der Waals surface area contributed by atoms with Gasteiger partial charge in [0.1, 0.15) is 0 Å². The van der Waals surface area contributed by atoms with Gasteiger partial charge in [0.05, 0.1) is 0 Å². The Morgan fingerprint density at radius 3 is 2.65 bits per heavy atom. The van der Waals surface area contributed by atoms with Crippen molar-refractivity contribution in [3.63, 3.8) is 0 Å². The molecule has 1 amide bonds. The van der Waals surface area contributed by atoms with Gasteiger partial charge >= 0.3 is 0 Å². The molecule has 0 aromatic heterocycles. The molecule has 1 aliphatic rings. The third-order valence-electron chi connectivity index (χ3n) is 3.71. The second-order valence-corrected chi connectivity index (χ2v) is 5.39. The first-order valence-corrected chi connectivity index (χ1v) is 7.64. The molecule has 1 aliphatic heterocycles. The lowest BCUT2D eigenvalue weighted by Crippen LogP contribution is -2.24. The highest BCUT2D eigenvalue weighted by Crippen LogP contribution is 2.22. The highest BCUT2D eigenvalue weighted by molar-refractivity contribution is 5.91. The van der Waals surface area contributed by atoms with Crippen LogP contribution in [0.2, 0.25) is 0 Å². The maximum atomic E-state index is 11.7. The van der Waals surface area contributed by atoms with E-state index in [-0.39, 0.29) is 5.91 Å². The molecule has 20 heavy (non-hydrogen) atoms. The lowest BCUT2D eigenvalue weighted by molar-refractivity contribution is -0.116. The minimum atomic E-state index is 0.0449. The molecule has 0 radical (unpaired) electrons. The van der Waals surface area contributed by atoms with E-state index in [1.54, 1.807) is 0 Å². The summed E-state index contributed by atoms with van der Waals surface area (Å²) >= 11 is 0. The molecule has 0 aliphatic carbocycles. The van der Waals surface area contributed by atoms with Crippen LogP contribution in [0.4, 0.5) is 11.4 Å². The largest absolute Gasteiger partial charge is 0.371 e. The SMILES string of the molecule is NCCCC(=O)Nc1cccc(N2CCCCCC2)c1. The molecule has 0 saturated carbocycles. The van der Waals surface area contributed by atoms with Gasteiger partial charge in [-0.3, -0.25) is 4.79 Å². The molecule has 3 N–H and O–H groups in total. The van der Waals surface area contributed by atoms with Gasteiger partial charge in [0.15, 0.2) is 0 Å². The van der Waals surface area contributed by atoms with E-state index >= 15 is 0 Å². The second kappa shape index (κ2) is 7.90. The third kappa shape index (κ3) is 4.53. The Bertz CT molecular complexity index is 425. The number of hydrogen-bond acceptors (Lipinski definition) is 3. The van der Waals surface area contributed by atoms with Gasteiger partial charge in [-0.25, -0.2) is 0 Å². The van der Waals surface area contributed by atoms with Crippen LogP contribution in [0.1, 0.15) is 38.5 Å². The number of nitrogens with zero attached hydrogens (tertiary/aromatic N) is 1. The van der Waals surface area contributed by atoms with Crippen LogP contribution in [-0.2, 0) is 4.79 Å². The van der Waals surface area contributed by atoms with Crippen LogP contribution in [0.25, 0.3) is 0 Å². The lowest BCUT2D eigenvalue weighted by Gasteiger charge is -2.23. The highest BCUT2D eigenvalue weighted by atomic mass is 16.1. The summed E-state index contributed by atoms with van der Waals surface area (Å²) < 4.78 is 0. The van der Waals surface area contributed by atoms with E-state index in [1.807, 2.05) is 12.1 Å². The van der Waals surface area contributed by atoms with Gasteiger partial charge in [-0.15, -0.1) is 0 Å². The maximum absolute atomic E-state index is 11.7. The summed E-state index contributed by atoms with van der Waals surface area (Å²) in [6, 6.07) is 8.16. The zero-order chi connectivity index (χ0) is 14.2. The number of nitrogens with two attached hydrogens (primary N) is 1. The molecule has 4 nitrogen and oxygen atoms in total. The second-order valence-electron chi connectivity index (χ2n) is 5.39. The average molecular weight is 275 g/mol.